The summed E-state index contributed by atoms with van der Waals surface area (Å²) in [6, 6.07) is 5.67. The Kier molecular flexibility index (Phi) is 4.11. The minimum Gasteiger partial charge on any atom is -0.383 e. The highest BCUT2D eigenvalue weighted by Gasteiger charge is 2.06. The molecule has 6 heteroatoms. The van der Waals surface area contributed by atoms with Gasteiger partial charge in [-0.2, -0.15) is 10.4 Å². The summed E-state index contributed by atoms with van der Waals surface area (Å²) in [7, 11) is 1.65. The number of hydrogen-bond donors (Lipinski definition) is 1. The molecule has 0 spiro atoms. The van der Waals surface area contributed by atoms with Crippen LogP contribution in [0.3, 0.4) is 0 Å². The number of pyridine rings is 1. The van der Waals surface area contributed by atoms with E-state index in [1.54, 1.807) is 24.1 Å². The molecule has 2 aromatic heterocycles. The molecule has 0 aliphatic heterocycles. The third kappa shape index (κ3) is 3.30. The maximum Gasteiger partial charge on any atom is 0.148 e. The van der Waals surface area contributed by atoms with Gasteiger partial charge in [0.25, 0.3) is 0 Å². The largest absolute Gasteiger partial charge is 0.383 e. The van der Waals surface area contributed by atoms with E-state index in [-0.39, 0.29) is 0 Å². The van der Waals surface area contributed by atoms with E-state index in [4.69, 9.17) is 10.00 Å². The van der Waals surface area contributed by atoms with Gasteiger partial charge < -0.3 is 10.1 Å². The molecule has 0 unspecified atom stereocenters. The standard InChI is InChI=1S/C13H15N5O/c1-10-3-4-11(7-14)13(16-10)17-12-8-15-18(9-12)5-6-19-2/h3-4,8-9H,5-6H2,1-2H3,(H,16,17). The number of aryl methyl sites for hydroxylation is 1. The Balaban J connectivity index is 2.15. The van der Waals surface area contributed by atoms with Gasteiger partial charge in [0, 0.05) is 19.0 Å². The predicted octanol–water partition coefficient (Wildman–Crippen LogP) is 1.85. The minimum absolute atomic E-state index is 0.509. The van der Waals surface area contributed by atoms with Crippen molar-refractivity contribution >= 4 is 11.5 Å². The van der Waals surface area contributed by atoms with Crippen molar-refractivity contribution in [2.75, 3.05) is 19.0 Å². The normalized spacial score (nSPS) is 10.2. The van der Waals surface area contributed by atoms with Crippen LogP contribution in [0.4, 0.5) is 11.5 Å². The second-order valence-corrected chi connectivity index (χ2v) is 4.07. The van der Waals surface area contributed by atoms with Gasteiger partial charge >= 0.3 is 0 Å². The highest BCUT2D eigenvalue weighted by Crippen LogP contribution is 2.18. The summed E-state index contributed by atoms with van der Waals surface area (Å²) in [5.74, 6) is 0.550. The van der Waals surface area contributed by atoms with Crippen molar-refractivity contribution in [2.24, 2.45) is 0 Å². The van der Waals surface area contributed by atoms with Crippen LogP contribution in [-0.2, 0) is 11.3 Å². The van der Waals surface area contributed by atoms with Crippen molar-refractivity contribution in [1.29, 1.82) is 5.26 Å². The van der Waals surface area contributed by atoms with E-state index in [0.29, 0.717) is 24.5 Å². The Labute approximate surface area is 111 Å². The van der Waals surface area contributed by atoms with Gasteiger partial charge in [0.05, 0.1) is 30.6 Å². The van der Waals surface area contributed by atoms with Crippen LogP contribution >= 0.6 is 0 Å². The van der Waals surface area contributed by atoms with Gasteiger partial charge in [-0.1, -0.05) is 0 Å². The minimum atomic E-state index is 0.509. The van der Waals surface area contributed by atoms with Gasteiger partial charge in [-0.05, 0) is 19.1 Å². The maximum absolute atomic E-state index is 9.04. The number of aromatic nitrogens is 3. The van der Waals surface area contributed by atoms with Crippen molar-refractivity contribution < 1.29 is 4.74 Å². The summed E-state index contributed by atoms with van der Waals surface area (Å²) in [6.07, 6.45) is 3.55. The first-order chi connectivity index (χ1) is 9.22. The van der Waals surface area contributed by atoms with E-state index in [1.807, 2.05) is 19.2 Å². The van der Waals surface area contributed by atoms with Crippen LogP contribution < -0.4 is 5.32 Å². The fourth-order valence-corrected chi connectivity index (χ4v) is 1.61. The van der Waals surface area contributed by atoms with E-state index in [9.17, 15) is 0 Å². The van der Waals surface area contributed by atoms with Crippen LogP contribution in [0.1, 0.15) is 11.3 Å². The molecule has 0 fully saturated rings. The number of nitrogens with zero attached hydrogens (tertiary/aromatic N) is 4. The third-order valence-electron chi connectivity index (χ3n) is 2.58. The molecule has 6 nitrogen and oxygen atoms in total. The summed E-state index contributed by atoms with van der Waals surface area (Å²) < 4.78 is 6.76. The molecule has 2 rings (SSSR count). The van der Waals surface area contributed by atoms with Crippen LogP contribution in [0, 0.1) is 18.3 Å². The average molecular weight is 257 g/mol. The highest BCUT2D eigenvalue weighted by molar-refractivity contribution is 5.61. The summed E-state index contributed by atoms with van der Waals surface area (Å²) in [5.41, 5.74) is 2.16. The molecule has 0 amide bonds. The lowest BCUT2D eigenvalue weighted by molar-refractivity contribution is 0.183. The van der Waals surface area contributed by atoms with Crippen molar-refractivity contribution in [3.05, 3.63) is 35.8 Å². The molecule has 0 radical (unpaired) electrons. The molecule has 0 atom stereocenters. The molecule has 0 aliphatic rings. The van der Waals surface area contributed by atoms with Crippen LogP contribution in [0.2, 0.25) is 0 Å². The van der Waals surface area contributed by atoms with Crippen LogP contribution in [0.5, 0.6) is 0 Å². The molecule has 0 saturated carbocycles. The SMILES string of the molecule is COCCn1cc(Nc2nc(C)ccc2C#N)cn1. The number of nitriles is 1. The van der Waals surface area contributed by atoms with Gasteiger partial charge in [0.15, 0.2) is 0 Å². The molecular weight excluding hydrogens is 242 g/mol. The molecule has 19 heavy (non-hydrogen) atoms. The fraction of sp³-hybridized carbons (Fsp3) is 0.308. The van der Waals surface area contributed by atoms with Crippen molar-refractivity contribution in [3.63, 3.8) is 0 Å². The molecular formula is C13H15N5O. The molecule has 2 aromatic rings. The zero-order chi connectivity index (χ0) is 13.7. The smallest absolute Gasteiger partial charge is 0.148 e. The second kappa shape index (κ2) is 5.98. The van der Waals surface area contributed by atoms with E-state index in [2.05, 4.69) is 21.5 Å². The van der Waals surface area contributed by atoms with Crippen LogP contribution in [0.25, 0.3) is 0 Å². The summed E-state index contributed by atoms with van der Waals surface area (Å²) in [4.78, 5) is 4.32. The number of ether oxygens (including phenoxy) is 1. The molecule has 0 aliphatic carbocycles. The van der Waals surface area contributed by atoms with Gasteiger partial charge in [-0.3, -0.25) is 4.68 Å². The first-order valence-electron chi connectivity index (χ1n) is 5.89. The van der Waals surface area contributed by atoms with E-state index in [0.717, 1.165) is 11.4 Å². The molecule has 0 saturated heterocycles. The summed E-state index contributed by atoms with van der Waals surface area (Å²) >= 11 is 0. The van der Waals surface area contributed by atoms with Gasteiger partial charge in [0.2, 0.25) is 0 Å². The topological polar surface area (TPSA) is 75.8 Å². The quantitative estimate of drug-likeness (QED) is 0.884. The molecule has 2 heterocycles. The lowest BCUT2D eigenvalue weighted by atomic mass is 10.2. The maximum atomic E-state index is 9.04. The van der Waals surface area contributed by atoms with E-state index in [1.165, 1.54) is 0 Å². The molecule has 0 bridgehead atoms. The van der Waals surface area contributed by atoms with E-state index >= 15 is 0 Å². The Bertz CT molecular complexity index is 599. The summed E-state index contributed by atoms with van der Waals surface area (Å²) in [6.45, 7) is 3.17. The zero-order valence-electron chi connectivity index (χ0n) is 10.9. The van der Waals surface area contributed by atoms with Gasteiger partial charge in [-0.15, -0.1) is 0 Å². The molecule has 98 valence electrons. The van der Waals surface area contributed by atoms with Crippen LogP contribution in [0.15, 0.2) is 24.5 Å². The Morgan fingerprint density at radius 1 is 1.47 bits per heavy atom. The molecule has 1 N–H and O–H groups in total. The number of anilines is 2. The zero-order valence-corrected chi connectivity index (χ0v) is 10.9. The van der Waals surface area contributed by atoms with E-state index < -0.39 is 0 Å². The highest BCUT2D eigenvalue weighted by atomic mass is 16.5. The lowest BCUT2D eigenvalue weighted by Crippen LogP contribution is -2.04. The Morgan fingerprint density at radius 2 is 2.32 bits per heavy atom. The monoisotopic (exact) mass is 257 g/mol. The van der Waals surface area contributed by atoms with Gasteiger partial charge in [-0.25, -0.2) is 4.98 Å². The van der Waals surface area contributed by atoms with Crippen molar-refractivity contribution in [2.45, 2.75) is 13.5 Å². The Morgan fingerprint density at radius 3 is 3.05 bits per heavy atom. The average Bonchev–Trinajstić information content (AvgIpc) is 2.84. The number of hydrogen-bond acceptors (Lipinski definition) is 5. The number of rotatable bonds is 5. The second-order valence-electron chi connectivity index (χ2n) is 4.07. The predicted molar refractivity (Wildman–Crippen MR) is 71.1 cm³/mol. The first-order valence-corrected chi connectivity index (χ1v) is 5.89. The number of nitrogens with one attached hydrogen (secondary N) is 1. The third-order valence-corrected chi connectivity index (χ3v) is 2.58. The molecule has 0 aromatic carbocycles. The number of methoxy groups -OCH3 is 1. The summed E-state index contributed by atoms with van der Waals surface area (Å²) in [5, 5.41) is 16.3. The van der Waals surface area contributed by atoms with Gasteiger partial charge in [0.1, 0.15) is 11.9 Å². The lowest BCUT2D eigenvalue weighted by Gasteiger charge is -2.05. The van der Waals surface area contributed by atoms with Crippen molar-refractivity contribution in [3.8, 4) is 6.07 Å². The first kappa shape index (κ1) is 13.1. The van der Waals surface area contributed by atoms with Crippen LogP contribution in [-0.4, -0.2) is 28.5 Å². The Hall–Kier alpha value is -2.39. The fourth-order valence-electron chi connectivity index (χ4n) is 1.61. The van der Waals surface area contributed by atoms with Crippen molar-refractivity contribution in [1.82, 2.24) is 14.8 Å².